The SMILES string of the molecule is NC(=O)[C@H]1CCO[C@@H]1C1CCN(c2ncc(Cl)cc2F)CC1. The molecule has 2 fully saturated rings. The monoisotopic (exact) mass is 327 g/mol. The largest absolute Gasteiger partial charge is 0.377 e. The summed E-state index contributed by atoms with van der Waals surface area (Å²) in [6.07, 6.45) is 3.72. The molecule has 2 atom stereocenters. The molecule has 1 aromatic heterocycles. The number of rotatable bonds is 3. The van der Waals surface area contributed by atoms with Crippen LogP contribution in [-0.2, 0) is 9.53 Å². The van der Waals surface area contributed by atoms with Gasteiger partial charge in [0.1, 0.15) is 0 Å². The Labute approximate surface area is 133 Å². The van der Waals surface area contributed by atoms with Crippen LogP contribution in [0.1, 0.15) is 19.3 Å². The molecule has 0 saturated carbocycles. The first-order chi connectivity index (χ1) is 10.6. The molecule has 2 aliphatic rings. The molecule has 2 saturated heterocycles. The summed E-state index contributed by atoms with van der Waals surface area (Å²) < 4.78 is 19.6. The van der Waals surface area contributed by atoms with Crippen molar-refractivity contribution in [2.75, 3.05) is 24.6 Å². The molecule has 3 rings (SSSR count). The fraction of sp³-hybridized carbons (Fsp3) is 0.600. The van der Waals surface area contributed by atoms with Crippen LogP contribution in [-0.4, -0.2) is 36.7 Å². The van der Waals surface area contributed by atoms with Gasteiger partial charge in [0.15, 0.2) is 11.6 Å². The number of amides is 1. The Kier molecular flexibility index (Phi) is 4.49. The van der Waals surface area contributed by atoms with E-state index in [1.807, 2.05) is 4.90 Å². The predicted molar refractivity (Wildman–Crippen MR) is 81.2 cm³/mol. The summed E-state index contributed by atoms with van der Waals surface area (Å²) in [6, 6.07) is 1.28. The first-order valence-electron chi connectivity index (χ1n) is 7.53. The highest BCUT2D eigenvalue weighted by Crippen LogP contribution is 2.34. The molecule has 0 unspecified atom stereocenters. The Morgan fingerprint density at radius 3 is 2.77 bits per heavy atom. The highest BCUT2D eigenvalue weighted by molar-refractivity contribution is 6.30. The van der Waals surface area contributed by atoms with Crippen LogP contribution in [0.15, 0.2) is 12.3 Å². The molecule has 2 aliphatic heterocycles. The fourth-order valence-corrected chi connectivity index (χ4v) is 3.60. The van der Waals surface area contributed by atoms with Crippen LogP contribution in [0.25, 0.3) is 0 Å². The van der Waals surface area contributed by atoms with Gasteiger partial charge in [0, 0.05) is 25.9 Å². The molecule has 0 bridgehead atoms. The van der Waals surface area contributed by atoms with Crippen molar-refractivity contribution in [1.82, 2.24) is 4.98 Å². The highest BCUT2D eigenvalue weighted by Gasteiger charge is 2.39. The molecule has 0 aliphatic carbocycles. The summed E-state index contributed by atoms with van der Waals surface area (Å²) in [6.45, 7) is 1.95. The van der Waals surface area contributed by atoms with Crippen molar-refractivity contribution in [3.63, 3.8) is 0 Å². The zero-order valence-corrected chi connectivity index (χ0v) is 12.9. The fourth-order valence-electron chi connectivity index (χ4n) is 3.46. The number of primary amides is 1. The lowest BCUT2D eigenvalue weighted by atomic mass is 9.84. The summed E-state index contributed by atoms with van der Waals surface area (Å²) in [7, 11) is 0. The number of piperidine rings is 1. The number of aromatic nitrogens is 1. The topological polar surface area (TPSA) is 68.5 Å². The second-order valence-electron chi connectivity index (χ2n) is 5.92. The lowest BCUT2D eigenvalue weighted by Gasteiger charge is -2.36. The maximum Gasteiger partial charge on any atom is 0.223 e. The number of carbonyl (C=O) groups is 1. The number of nitrogens with zero attached hydrogens (tertiary/aromatic N) is 2. The van der Waals surface area contributed by atoms with Gasteiger partial charge in [-0.25, -0.2) is 9.37 Å². The molecule has 120 valence electrons. The average Bonchev–Trinajstić information content (AvgIpc) is 2.97. The third kappa shape index (κ3) is 3.03. The van der Waals surface area contributed by atoms with Crippen LogP contribution < -0.4 is 10.6 Å². The maximum atomic E-state index is 13.9. The van der Waals surface area contributed by atoms with Crippen LogP contribution >= 0.6 is 11.6 Å². The minimum absolute atomic E-state index is 0.0947. The molecular weight excluding hydrogens is 309 g/mol. The van der Waals surface area contributed by atoms with E-state index in [1.54, 1.807) is 0 Å². The maximum absolute atomic E-state index is 13.9. The van der Waals surface area contributed by atoms with Crippen molar-refractivity contribution < 1.29 is 13.9 Å². The zero-order chi connectivity index (χ0) is 15.7. The van der Waals surface area contributed by atoms with Crippen molar-refractivity contribution in [1.29, 1.82) is 0 Å². The summed E-state index contributed by atoms with van der Waals surface area (Å²) in [5, 5.41) is 0.291. The van der Waals surface area contributed by atoms with E-state index in [0.717, 1.165) is 12.8 Å². The second kappa shape index (κ2) is 6.38. The van der Waals surface area contributed by atoms with Gasteiger partial charge in [-0.1, -0.05) is 11.6 Å². The number of hydrogen-bond donors (Lipinski definition) is 1. The number of hydrogen-bond acceptors (Lipinski definition) is 4. The third-order valence-corrected chi connectivity index (χ3v) is 4.80. The average molecular weight is 328 g/mol. The molecule has 3 heterocycles. The lowest BCUT2D eigenvalue weighted by Crippen LogP contribution is -2.42. The van der Waals surface area contributed by atoms with Gasteiger partial charge in [-0.15, -0.1) is 0 Å². The molecule has 1 amide bonds. The number of pyridine rings is 1. The molecule has 1 aromatic rings. The number of halogens is 2. The zero-order valence-electron chi connectivity index (χ0n) is 12.2. The van der Waals surface area contributed by atoms with Crippen LogP contribution in [0.4, 0.5) is 10.2 Å². The first-order valence-corrected chi connectivity index (χ1v) is 7.91. The van der Waals surface area contributed by atoms with Gasteiger partial charge in [0.2, 0.25) is 5.91 Å². The van der Waals surface area contributed by atoms with Gasteiger partial charge >= 0.3 is 0 Å². The lowest BCUT2D eigenvalue weighted by molar-refractivity contribution is -0.124. The predicted octanol–water partition coefficient (Wildman–Crippen LogP) is 1.98. The summed E-state index contributed by atoms with van der Waals surface area (Å²) in [4.78, 5) is 17.5. The van der Waals surface area contributed by atoms with Gasteiger partial charge in [0.05, 0.1) is 17.0 Å². The van der Waals surface area contributed by atoms with Crippen molar-refractivity contribution in [2.24, 2.45) is 17.6 Å². The van der Waals surface area contributed by atoms with Crippen LogP contribution in [0.5, 0.6) is 0 Å². The van der Waals surface area contributed by atoms with E-state index in [-0.39, 0.29) is 23.8 Å². The van der Waals surface area contributed by atoms with E-state index in [0.29, 0.717) is 37.0 Å². The van der Waals surface area contributed by atoms with E-state index in [1.165, 1.54) is 12.3 Å². The molecular formula is C15H19ClFN3O2. The molecule has 0 aromatic carbocycles. The van der Waals surface area contributed by atoms with Gasteiger partial charge in [-0.3, -0.25) is 4.79 Å². The van der Waals surface area contributed by atoms with Crippen molar-refractivity contribution in [3.05, 3.63) is 23.1 Å². The van der Waals surface area contributed by atoms with E-state index >= 15 is 0 Å². The Hall–Kier alpha value is -1.40. The number of nitrogens with two attached hydrogens (primary N) is 1. The van der Waals surface area contributed by atoms with Crippen LogP contribution in [0, 0.1) is 17.7 Å². The quantitative estimate of drug-likeness (QED) is 0.921. The normalized spacial score (nSPS) is 26.4. The third-order valence-electron chi connectivity index (χ3n) is 4.59. The molecule has 7 heteroatoms. The van der Waals surface area contributed by atoms with E-state index < -0.39 is 5.82 Å². The van der Waals surface area contributed by atoms with E-state index in [9.17, 15) is 9.18 Å². The smallest absolute Gasteiger partial charge is 0.223 e. The minimum atomic E-state index is -0.405. The van der Waals surface area contributed by atoms with E-state index in [4.69, 9.17) is 22.1 Å². The molecule has 2 N–H and O–H groups in total. The Balaban J connectivity index is 1.64. The molecule has 0 radical (unpaired) electrons. The summed E-state index contributed by atoms with van der Waals surface area (Å²) >= 11 is 5.73. The van der Waals surface area contributed by atoms with Gasteiger partial charge < -0.3 is 15.4 Å². The second-order valence-corrected chi connectivity index (χ2v) is 6.35. The number of anilines is 1. The molecule has 5 nitrogen and oxygen atoms in total. The summed E-state index contributed by atoms with van der Waals surface area (Å²) in [5.41, 5.74) is 5.45. The van der Waals surface area contributed by atoms with E-state index in [2.05, 4.69) is 4.98 Å². The van der Waals surface area contributed by atoms with Gasteiger partial charge in [0.25, 0.3) is 0 Å². The van der Waals surface area contributed by atoms with Gasteiger partial charge in [-0.2, -0.15) is 0 Å². The Bertz CT molecular complexity index is 564. The van der Waals surface area contributed by atoms with Crippen LogP contribution in [0.2, 0.25) is 5.02 Å². The number of ether oxygens (including phenoxy) is 1. The summed E-state index contributed by atoms with van der Waals surface area (Å²) in [5.74, 6) is -0.261. The Morgan fingerprint density at radius 2 is 2.14 bits per heavy atom. The molecule has 22 heavy (non-hydrogen) atoms. The molecule has 0 spiro atoms. The highest BCUT2D eigenvalue weighted by atomic mass is 35.5. The van der Waals surface area contributed by atoms with Crippen molar-refractivity contribution >= 4 is 23.3 Å². The van der Waals surface area contributed by atoms with Gasteiger partial charge in [-0.05, 0) is 31.2 Å². The standard InChI is InChI=1S/C15H19ClFN3O2/c16-10-7-12(17)15(19-8-10)20-4-1-9(2-5-20)13-11(14(18)21)3-6-22-13/h7-9,11,13H,1-6H2,(H2,18,21)/t11-,13+/m0/s1. The minimum Gasteiger partial charge on any atom is -0.377 e. The Morgan fingerprint density at radius 1 is 1.41 bits per heavy atom. The van der Waals surface area contributed by atoms with Crippen LogP contribution in [0.3, 0.4) is 0 Å². The first kappa shape index (κ1) is 15.5. The van der Waals surface area contributed by atoms with Crippen molar-refractivity contribution in [3.8, 4) is 0 Å². The number of carbonyl (C=O) groups excluding carboxylic acids is 1. The van der Waals surface area contributed by atoms with Crippen molar-refractivity contribution in [2.45, 2.75) is 25.4 Å².